The Balaban J connectivity index is 1.52. The first-order valence-corrected chi connectivity index (χ1v) is 12.5. The van der Waals surface area contributed by atoms with Gasteiger partial charge in [0.25, 0.3) is 5.91 Å². The van der Waals surface area contributed by atoms with E-state index in [1.54, 1.807) is 33.8 Å². The van der Waals surface area contributed by atoms with Crippen molar-refractivity contribution in [2.24, 2.45) is 5.92 Å². The summed E-state index contributed by atoms with van der Waals surface area (Å²) in [6.45, 7) is 5.16. The monoisotopic (exact) mass is 510 g/mol. The van der Waals surface area contributed by atoms with Crippen molar-refractivity contribution in [3.8, 4) is 11.3 Å². The maximum absolute atomic E-state index is 13.2. The minimum atomic E-state index is -0.404. The van der Waals surface area contributed by atoms with E-state index in [0.717, 1.165) is 11.3 Å². The summed E-state index contributed by atoms with van der Waals surface area (Å²) in [4.78, 5) is 29.5. The Labute approximate surface area is 216 Å². The van der Waals surface area contributed by atoms with E-state index in [0.29, 0.717) is 31.7 Å². The first-order valence-electron chi connectivity index (χ1n) is 12.5. The fraction of sp³-hybridized carbons (Fsp3) is 0.500. The van der Waals surface area contributed by atoms with Gasteiger partial charge in [-0.2, -0.15) is 0 Å². The zero-order chi connectivity index (χ0) is 26.4. The lowest BCUT2D eigenvalue weighted by Gasteiger charge is -2.35. The molecule has 0 radical (unpaired) electrons. The number of benzene rings is 1. The Hall–Kier alpha value is -3.57. The van der Waals surface area contributed by atoms with Crippen LogP contribution in [0.4, 0.5) is 0 Å². The highest BCUT2D eigenvalue weighted by molar-refractivity contribution is 5.93. The molecule has 3 aromatic rings. The first kappa shape index (κ1) is 26.5. The topological polar surface area (TPSA) is 127 Å². The summed E-state index contributed by atoms with van der Waals surface area (Å²) in [5.41, 5.74) is 1.85. The van der Waals surface area contributed by atoms with Gasteiger partial charge in [-0.3, -0.25) is 9.59 Å². The number of aryl methyl sites for hydroxylation is 1. The molecule has 0 spiro atoms. The van der Waals surface area contributed by atoms with Gasteiger partial charge in [-0.25, -0.2) is 4.68 Å². The molecule has 2 aromatic heterocycles. The number of ether oxygens (including phenoxy) is 1. The third kappa shape index (κ3) is 6.41. The average Bonchev–Trinajstić information content (AvgIpc) is 3.58. The molecular weight excluding hydrogens is 476 g/mol. The van der Waals surface area contributed by atoms with Gasteiger partial charge in [0, 0.05) is 50.7 Å². The predicted octanol–water partition coefficient (Wildman–Crippen LogP) is 2.23. The Kier molecular flexibility index (Phi) is 8.67. The van der Waals surface area contributed by atoms with E-state index < -0.39 is 6.10 Å². The van der Waals surface area contributed by atoms with Gasteiger partial charge in [0.15, 0.2) is 11.5 Å². The van der Waals surface area contributed by atoms with Crippen LogP contribution in [0.1, 0.15) is 42.9 Å². The molecule has 0 saturated carbocycles. The lowest BCUT2D eigenvalue weighted by atomic mass is 10.0. The molecule has 11 nitrogen and oxygen atoms in total. The Bertz CT molecular complexity index is 1180. The standard InChI is InChI=1S/C26H34N6O5/c1-18-14-31(19(2)16-33)25(34)10-7-11-32-21(13-27-29-32)17-36-24(18)15-30(3)26(35)22-12-23(37-28-22)20-8-5-4-6-9-20/h4-6,8-9,12-13,18-19,24,33H,7,10-11,14-17H2,1-3H3/t18-,19-,24+/m0/s1. The van der Waals surface area contributed by atoms with Gasteiger partial charge in [0.05, 0.1) is 37.3 Å². The molecule has 198 valence electrons. The summed E-state index contributed by atoms with van der Waals surface area (Å²) in [5, 5.41) is 21.9. The summed E-state index contributed by atoms with van der Waals surface area (Å²) in [5.74, 6) is 0.0566. The summed E-state index contributed by atoms with van der Waals surface area (Å²) < 4.78 is 13.5. The van der Waals surface area contributed by atoms with Crippen LogP contribution < -0.4 is 0 Å². The Morgan fingerprint density at radius 2 is 2.08 bits per heavy atom. The number of amides is 2. The maximum atomic E-state index is 13.2. The number of rotatable bonds is 6. The van der Waals surface area contributed by atoms with Crippen molar-refractivity contribution in [2.75, 3.05) is 26.7 Å². The third-order valence-corrected chi connectivity index (χ3v) is 6.73. The number of hydrogen-bond donors (Lipinski definition) is 1. The Morgan fingerprint density at radius 1 is 1.30 bits per heavy atom. The number of likely N-dealkylation sites (N-methyl/N-ethyl adjacent to an activating group) is 1. The van der Waals surface area contributed by atoms with E-state index in [1.807, 2.05) is 44.2 Å². The molecule has 0 bridgehead atoms. The molecule has 0 fully saturated rings. The lowest BCUT2D eigenvalue weighted by molar-refractivity contribution is -0.136. The average molecular weight is 511 g/mol. The molecule has 1 N–H and O–H groups in total. The van der Waals surface area contributed by atoms with Gasteiger partial charge in [-0.1, -0.05) is 47.6 Å². The predicted molar refractivity (Wildman–Crippen MR) is 134 cm³/mol. The number of aliphatic hydroxyl groups excluding tert-OH is 1. The zero-order valence-electron chi connectivity index (χ0n) is 21.5. The van der Waals surface area contributed by atoms with Crippen molar-refractivity contribution in [2.45, 2.75) is 52.0 Å². The van der Waals surface area contributed by atoms with Crippen LogP contribution in [0.5, 0.6) is 0 Å². The van der Waals surface area contributed by atoms with Crippen molar-refractivity contribution in [1.82, 2.24) is 30.0 Å². The molecule has 0 saturated heterocycles. The van der Waals surface area contributed by atoms with Crippen LogP contribution in [-0.2, 0) is 22.7 Å². The minimum Gasteiger partial charge on any atom is -0.394 e. The van der Waals surface area contributed by atoms with Gasteiger partial charge < -0.3 is 24.2 Å². The van der Waals surface area contributed by atoms with E-state index in [1.165, 1.54) is 0 Å². The van der Waals surface area contributed by atoms with Crippen LogP contribution in [0.2, 0.25) is 0 Å². The second-order valence-corrected chi connectivity index (χ2v) is 9.58. The SMILES string of the molecule is C[C@H]1CN([C@@H](C)CO)C(=O)CCCn2nncc2CO[C@@H]1CN(C)C(=O)c1cc(-c2ccccc2)on1. The van der Waals surface area contributed by atoms with Gasteiger partial charge in [-0.05, 0) is 13.3 Å². The van der Waals surface area contributed by atoms with E-state index in [2.05, 4.69) is 15.5 Å². The molecule has 1 aliphatic rings. The van der Waals surface area contributed by atoms with E-state index in [4.69, 9.17) is 9.26 Å². The van der Waals surface area contributed by atoms with Crippen LogP contribution in [0.15, 0.2) is 47.1 Å². The van der Waals surface area contributed by atoms with Gasteiger partial charge in [0.2, 0.25) is 5.91 Å². The van der Waals surface area contributed by atoms with E-state index >= 15 is 0 Å². The third-order valence-electron chi connectivity index (χ3n) is 6.73. The molecule has 3 atom stereocenters. The number of aliphatic hydroxyl groups is 1. The molecule has 11 heteroatoms. The quantitative estimate of drug-likeness (QED) is 0.535. The molecule has 37 heavy (non-hydrogen) atoms. The fourth-order valence-corrected chi connectivity index (χ4v) is 4.41. The van der Waals surface area contributed by atoms with Crippen molar-refractivity contribution in [3.05, 3.63) is 54.0 Å². The summed E-state index contributed by atoms with van der Waals surface area (Å²) in [6.07, 6.45) is 2.21. The van der Waals surface area contributed by atoms with Crippen LogP contribution in [-0.4, -0.2) is 85.8 Å². The van der Waals surface area contributed by atoms with Gasteiger partial charge in [-0.15, -0.1) is 5.10 Å². The summed E-state index contributed by atoms with van der Waals surface area (Å²) in [7, 11) is 1.69. The number of nitrogens with zero attached hydrogens (tertiary/aromatic N) is 6. The Morgan fingerprint density at radius 3 is 2.84 bits per heavy atom. The van der Waals surface area contributed by atoms with E-state index in [9.17, 15) is 14.7 Å². The van der Waals surface area contributed by atoms with Gasteiger partial charge in [0.1, 0.15) is 0 Å². The summed E-state index contributed by atoms with van der Waals surface area (Å²) >= 11 is 0. The zero-order valence-corrected chi connectivity index (χ0v) is 21.5. The molecular formula is C26H34N6O5. The maximum Gasteiger partial charge on any atom is 0.275 e. The number of carbonyl (C=O) groups excluding carboxylic acids is 2. The van der Waals surface area contributed by atoms with Crippen LogP contribution in [0.25, 0.3) is 11.3 Å². The largest absolute Gasteiger partial charge is 0.394 e. The van der Waals surface area contributed by atoms with E-state index in [-0.39, 0.29) is 49.2 Å². The van der Waals surface area contributed by atoms with Crippen LogP contribution in [0, 0.1) is 5.92 Å². The number of aromatic nitrogens is 4. The molecule has 1 aliphatic heterocycles. The summed E-state index contributed by atoms with van der Waals surface area (Å²) in [6, 6.07) is 10.8. The highest BCUT2D eigenvalue weighted by Gasteiger charge is 2.30. The highest BCUT2D eigenvalue weighted by atomic mass is 16.5. The van der Waals surface area contributed by atoms with Crippen molar-refractivity contribution < 1.29 is 24.0 Å². The molecule has 4 rings (SSSR count). The molecule has 2 amide bonds. The fourth-order valence-electron chi connectivity index (χ4n) is 4.41. The van der Waals surface area contributed by atoms with Gasteiger partial charge >= 0.3 is 0 Å². The number of fused-ring (bicyclic) bond motifs is 1. The number of carbonyl (C=O) groups is 2. The second kappa shape index (κ2) is 12.1. The normalized spacial score (nSPS) is 20.0. The molecule has 0 aliphatic carbocycles. The van der Waals surface area contributed by atoms with Crippen molar-refractivity contribution in [1.29, 1.82) is 0 Å². The second-order valence-electron chi connectivity index (χ2n) is 9.58. The molecule has 0 unspecified atom stereocenters. The van der Waals surface area contributed by atoms with Crippen molar-refractivity contribution in [3.63, 3.8) is 0 Å². The number of hydrogen-bond acceptors (Lipinski definition) is 8. The smallest absolute Gasteiger partial charge is 0.275 e. The lowest BCUT2D eigenvalue weighted by Crippen LogP contribution is -2.48. The van der Waals surface area contributed by atoms with Crippen molar-refractivity contribution >= 4 is 11.8 Å². The van der Waals surface area contributed by atoms with Crippen LogP contribution in [0.3, 0.4) is 0 Å². The molecule has 3 heterocycles. The highest BCUT2D eigenvalue weighted by Crippen LogP contribution is 2.22. The first-order chi connectivity index (χ1) is 17.9. The van der Waals surface area contributed by atoms with Crippen LogP contribution >= 0.6 is 0 Å². The molecule has 1 aromatic carbocycles. The minimum absolute atomic E-state index is 0.0325.